The molecule has 0 aromatic heterocycles. The van der Waals surface area contributed by atoms with Crippen molar-refractivity contribution in [2.75, 3.05) is 13.2 Å². The van der Waals surface area contributed by atoms with Gasteiger partial charge in [-0.1, -0.05) is 24.6 Å². The van der Waals surface area contributed by atoms with Crippen LogP contribution in [0.25, 0.3) is 0 Å². The highest BCUT2D eigenvalue weighted by atomic mass is 35.5. The Balaban J connectivity index is 0.00000242. The number of carbonyl (C=O) groups excluding carboxylic acids is 1. The van der Waals surface area contributed by atoms with E-state index in [1.807, 2.05) is 39.0 Å². The minimum absolute atomic E-state index is 0. The number of rotatable bonds is 5. The average molecular weight is 327 g/mol. The van der Waals surface area contributed by atoms with Gasteiger partial charge in [-0.2, -0.15) is 0 Å². The van der Waals surface area contributed by atoms with Crippen molar-refractivity contribution in [2.45, 2.75) is 52.1 Å². The number of halogens is 1. The lowest BCUT2D eigenvalue weighted by atomic mass is 10.0. The number of nitrogens with one attached hydrogen (secondary N) is 2. The second kappa shape index (κ2) is 9.01. The van der Waals surface area contributed by atoms with Gasteiger partial charge in [0, 0.05) is 0 Å². The van der Waals surface area contributed by atoms with Crippen LogP contribution in [0.3, 0.4) is 0 Å². The Kier molecular flexibility index (Phi) is 7.69. The first-order chi connectivity index (χ1) is 10.1. The number of benzene rings is 1. The Hall–Kier alpha value is -1.26. The van der Waals surface area contributed by atoms with Gasteiger partial charge in [-0.15, -0.1) is 12.4 Å². The van der Waals surface area contributed by atoms with Gasteiger partial charge in [0.1, 0.15) is 12.4 Å². The molecule has 0 aliphatic carbocycles. The van der Waals surface area contributed by atoms with E-state index in [0.29, 0.717) is 6.61 Å². The molecule has 0 bridgehead atoms. The van der Waals surface area contributed by atoms with Gasteiger partial charge in [-0.3, -0.25) is 4.79 Å². The van der Waals surface area contributed by atoms with Crippen molar-refractivity contribution in [2.24, 2.45) is 0 Å². The zero-order valence-electron chi connectivity index (χ0n) is 13.6. The Bertz CT molecular complexity index is 467. The first-order valence-electron chi connectivity index (χ1n) is 7.80. The van der Waals surface area contributed by atoms with Gasteiger partial charge in [0.05, 0.1) is 12.1 Å². The van der Waals surface area contributed by atoms with E-state index >= 15 is 0 Å². The number of ether oxygens (including phenoxy) is 1. The van der Waals surface area contributed by atoms with Crippen LogP contribution in [0.5, 0.6) is 5.75 Å². The second-order valence-electron chi connectivity index (χ2n) is 5.94. The molecule has 124 valence electrons. The molecule has 1 aliphatic rings. The zero-order chi connectivity index (χ0) is 15.2. The Morgan fingerprint density at radius 3 is 2.64 bits per heavy atom. The van der Waals surface area contributed by atoms with E-state index < -0.39 is 0 Å². The van der Waals surface area contributed by atoms with Crippen molar-refractivity contribution >= 4 is 18.3 Å². The van der Waals surface area contributed by atoms with Gasteiger partial charge in [0.15, 0.2) is 0 Å². The third kappa shape index (κ3) is 5.18. The van der Waals surface area contributed by atoms with Crippen LogP contribution in [-0.2, 0) is 4.79 Å². The highest BCUT2D eigenvalue weighted by Gasteiger charge is 2.21. The van der Waals surface area contributed by atoms with Gasteiger partial charge in [-0.05, 0) is 51.3 Å². The lowest BCUT2D eigenvalue weighted by molar-refractivity contribution is -0.124. The summed E-state index contributed by atoms with van der Waals surface area (Å²) in [7, 11) is 0. The topological polar surface area (TPSA) is 50.4 Å². The highest BCUT2D eigenvalue weighted by molar-refractivity contribution is 5.85. The molecule has 1 aromatic carbocycles. The maximum Gasteiger partial charge on any atom is 0.237 e. The molecule has 0 spiro atoms. The number of piperidine rings is 1. The smallest absolute Gasteiger partial charge is 0.237 e. The van der Waals surface area contributed by atoms with Crippen LogP contribution in [0.15, 0.2) is 18.2 Å². The third-order valence-corrected chi connectivity index (χ3v) is 3.90. The monoisotopic (exact) mass is 326 g/mol. The molecule has 2 N–H and O–H groups in total. The molecule has 1 amide bonds. The van der Waals surface area contributed by atoms with Crippen LogP contribution in [0.2, 0.25) is 0 Å². The molecule has 0 radical (unpaired) electrons. The van der Waals surface area contributed by atoms with E-state index in [9.17, 15) is 4.79 Å². The maximum atomic E-state index is 12.1. The van der Waals surface area contributed by atoms with Gasteiger partial charge in [-0.25, -0.2) is 0 Å². The molecule has 1 saturated heterocycles. The van der Waals surface area contributed by atoms with E-state index in [0.717, 1.165) is 42.7 Å². The molecule has 1 fully saturated rings. The van der Waals surface area contributed by atoms with Crippen molar-refractivity contribution in [3.8, 4) is 5.75 Å². The molecule has 1 aromatic rings. The molecule has 2 unspecified atom stereocenters. The van der Waals surface area contributed by atoms with E-state index in [-0.39, 0.29) is 30.4 Å². The van der Waals surface area contributed by atoms with Crippen molar-refractivity contribution in [1.29, 1.82) is 0 Å². The fourth-order valence-corrected chi connectivity index (χ4v) is 2.70. The lowest BCUT2D eigenvalue weighted by Crippen LogP contribution is -2.50. The number of para-hydroxylation sites is 1. The summed E-state index contributed by atoms with van der Waals surface area (Å²) in [5.41, 5.74) is 2.25. The Morgan fingerprint density at radius 2 is 2.05 bits per heavy atom. The molecule has 2 rings (SSSR count). The summed E-state index contributed by atoms with van der Waals surface area (Å²) in [5, 5.41) is 6.30. The summed E-state index contributed by atoms with van der Waals surface area (Å²) in [6.07, 6.45) is 3.21. The highest BCUT2D eigenvalue weighted by Crippen LogP contribution is 2.22. The van der Waals surface area contributed by atoms with Gasteiger partial charge >= 0.3 is 0 Å². The standard InChI is InChI=1S/C17H26N2O2.ClH/c1-12-7-6-8-13(2)16(12)21-11-14(3)19-17(20)15-9-4-5-10-18-15;/h6-8,14-15,18H,4-5,9-11H2,1-3H3,(H,19,20);1H. The number of hydrogen-bond acceptors (Lipinski definition) is 3. The van der Waals surface area contributed by atoms with E-state index in [1.54, 1.807) is 0 Å². The van der Waals surface area contributed by atoms with Crippen molar-refractivity contribution in [1.82, 2.24) is 10.6 Å². The largest absolute Gasteiger partial charge is 0.491 e. The van der Waals surface area contributed by atoms with Crippen molar-refractivity contribution in [3.05, 3.63) is 29.3 Å². The number of hydrogen-bond donors (Lipinski definition) is 2. The van der Waals surface area contributed by atoms with Gasteiger partial charge in [0.2, 0.25) is 5.91 Å². The molecule has 0 saturated carbocycles. The summed E-state index contributed by atoms with van der Waals surface area (Å²) in [6, 6.07) is 6.06. The SMILES string of the molecule is Cc1cccc(C)c1OCC(C)NC(=O)C1CCCCN1.Cl. The van der Waals surface area contributed by atoms with Gasteiger partial charge < -0.3 is 15.4 Å². The molecule has 22 heavy (non-hydrogen) atoms. The van der Waals surface area contributed by atoms with Crippen LogP contribution >= 0.6 is 12.4 Å². The molecule has 2 atom stereocenters. The van der Waals surface area contributed by atoms with Crippen molar-refractivity contribution < 1.29 is 9.53 Å². The molecule has 5 heteroatoms. The van der Waals surface area contributed by atoms with Crippen molar-refractivity contribution in [3.63, 3.8) is 0 Å². The van der Waals surface area contributed by atoms with Crippen LogP contribution in [0.1, 0.15) is 37.3 Å². The summed E-state index contributed by atoms with van der Waals surface area (Å²) in [5.74, 6) is 1.02. The Labute approximate surface area is 139 Å². The molecule has 4 nitrogen and oxygen atoms in total. The first kappa shape index (κ1) is 18.8. The number of aryl methyl sites for hydroxylation is 2. The third-order valence-electron chi connectivity index (χ3n) is 3.90. The van der Waals surface area contributed by atoms with E-state index in [4.69, 9.17) is 4.74 Å². The molecule has 1 heterocycles. The summed E-state index contributed by atoms with van der Waals surface area (Å²) >= 11 is 0. The fraction of sp³-hybridized carbons (Fsp3) is 0.588. The predicted molar refractivity (Wildman–Crippen MR) is 91.9 cm³/mol. The quantitative estimate of drug-likeness (QED) is 0.874. The number of carbonyl (C=O) groups is 1. The zero-order valence-corrected chi connectivity index (χ0v) is 14.5. The number of amides is 1. The van der Waals surface area contributed by atoms with Crippen LogP contribution in [0, 0.1) is 13.8 Å². The summed E-state index contributed by atoms with van der Waals surface area (Å²) in [4.78, 5) is 12.1. The summed E-state index contributed by atoms with van der Waals surface area (Å²) in [6.45, 7) is 7.49. The lowest BCUT2D eigenvalue weighted by Gasteiger charge is -2.25. The molecule has 1 aliphatic heterocycles. The van der Waals surface area contributed by atoms with Crippen LogP contribution < -0.4 is 15.4 Å². The minimum Gasteiger partial charge on any atom is -0.491 e. The second-order valence-corrected chi connectivity index (χ2v) is 5.94. The van der Waals surface area contributed by atoms with E-state index in [2.05, 4.69) is 10.6 Å². The molecular weight excluding hydrogens is 300 g/mol. The Morgan fingerprint density at radius 1 is 1.36 bits per heavy atom. The molecular formula is C17H27ClN2O2. The van der Waals surface area contributed by atoms with Crippen LogP contribution in [0.4, 0.5) is 0 Å². The summed E-state index contributed by atoms with van der Waals surface area (Å²) < 4.78 is 5.88. The first-order valence-corrected chi connectivity index (χ1v) is 7.80. The van der Waals surface area contributed by atoms with Crippen LogP contribution in [-0.4, -0.2) is 31.1 Å². The normalized spacial score (nSPS) is 19.0. The van der Waals surface area contributed by atoms with Gasteiger partial charge in [0.25, 0.3) is 0 Å². The maximum absolute atomic E-state index is 12.1. The predicted octanol–water partition coefficient (Wildman–Crippen LogP) is 2.75. The van der Waals surface area contributed by atoms with E-state index in [1.165, 1.54) is 0 Å². The minimum atomic E-state index is -0.0404. The fourth-order valence-electron chi connectivity index (χ4n) is 2.70. The average Bonchev–Trinajstić information content (AvgIpc) is 2.47.